The van der Waals surface area contributed by atoms with Crippen LogP contribution in [0.4, 0.5) is 26.3 Å². The van der Waals surface area contributed by atoms with Crippen molar-refractivity contribution in [3.8, 4) is 0 Å². The number of hydrogen-bond acceptors (Lipinski definition) is 2. The van der Waals surface area contributed by atoms with Crippen LogP contribution in [0.25, 0.3) is 11.3 Å². The first kappa shape index (κ1) is 24.6. The van der Waals surface area contributed by atoms with E-state index in [4.69, 9.17) is 7.80 Å². The number of hydrogen-bond donors (Lipinski definition) is 0. The Labute approximate surface area is 200 Å². The molecule has 0 unspecified atom stereocenters. The molecule has 0 saturated carbocycles. The minimum atomic E-state index is -5.69. The maximum absolute atomic E-state index is 14.1. The molecule has 0 bridgehead atoms. The monoisotopic (exact) mass is 592 g/mol. The Bertz CT molecular complexity index is 1200. The van der Waals surface area contributed by atoms with Crippen molar-refractivity contribution >= 4 is 31.6 Å². The zero-order chi connectivity index (χ0) is 24.7. The molecule has 3 aromatic rings. The van der Waals surface area contributed by atoms with Crippen LogP contribution in [-0.4, -0.2) is 19.5 Å². The van der Waals surface area contributed by atoms with Crippen molar-refractivity contribution in [3.05, 3.63) is 103 Å². The fourth-order valence-electron chi connectivity index (χ4n) is 3.91. The van der Waals surface area contributed by atoms with E-state index in [2.05, 4.69) is 0 Å². The Morgan fingerprint density at radius 2 is 1.29 bits per heavy atom. The number of fused-ring (bicyclic) bond motifs is 1. The third-order valence-corrected chi connectivity index (χ3v) is 10.6. The van der Waals surface area contributed by atoms with Gasteiger partial charge in [-0.2, -0.15) is 0 Å². The van der Waals surface area contributed by atoms with Gasteiger partial charge in [0, 0.05) is 0 Å². The molecule has 1 aliphatic rings. The van der Waals surface area contributed by atoms with Gasteiger partial charge in [0.1, 0.15) is 0 Å². The van der Waals surface area contributed by atoms with Gasteiger partial charge in [0.15, 0.2) is 0 Å². The molecular formula is C25H19F6IO2. The maximum atomic E-state index is 14.1. The van der Waals surface area contributed by atoms with Gasteiger partial charge in [-0.05, 0) is 0 Å². The summed E-state index contributed by atoms with van der Waals surface area (Å²) < 4.78 is 95.6. The Balaban J connectivity index is 1.94. The second-order valence-corrected chi connectivity index (χ2v) is 11.7. The molecule has 0 saturated heterocycles. The van der Waals surface area contributed by atoms with Crippen LogP contribution in [-0.2, 0) is 13.4 Å². The molecule has 1 heterocycles. The Morgan fingerprint density at radius 3 is 1.88 bits per heavy atom. The Kier molecular flexibility index (Phi) is 6.45. The molecule has 9 heteroatoms. The molecule has 0 aliphatic carbocycles. The molecule has 0 atom stereocenters. The molecule has 0 fully saturated rings. The van der Waals surface area contributed by atoms with E-state index in [9.17, 15) is 26.3 Å². The molecule has 2 nitrogen and oxygen atoms in total. The molecule has 34 heavy (non-hydrogen) atoms. The molecule has 0 N–H and O–H groups in total. The average molecular weight is 592 g/mol. The summed E-state index contributed by atoms with van der Waals surface area (Å²) >= 11 is -3.67. The quantitative estimate of drug-likeness (QED) is 0.132. The predicted octanol–water partition coefficient (Wildman–Crippen LogP) is 8.03. The van der Waals surface area contributed by atoms with Gasteiger partial charge in [0.25, 0.3) is 0 Å². The van der Waals surface area contributed by atoms with Crippen LogP contribution in [0.2, 0.25) is 0 Å². The van der Waals surface area contributed by atoms with Crippen molar-refractivity contribution < 1.29 is 34.1 Å². The molecule has 0 radical (unpaired) electrons. The van der Waals surface area contributed by atoms with Crippen LogP contribution < -0.4 is 0 Å². The summed E-state index contributed by atoms with van der Waals surface area (Å²) in [4.78, 5) is 0. The van der Waals surface area contributed by atoms with E-state index in [1.54, 1.807) is 43.3 Å². The summed E-state index contributed by atoms with van der Waals surface area (Å²) in [7, 11) is 1.47. The predicted molar refractivity (Wildman–Crippen MR) is 125 cm³/mol. The first-order valence-corrected chi connectivity index (χ1v) is 13.1. The van der Waals surface area contributed by atoms with E-state index in [0.717, 1.165) is 11.6 Å². The first-order chi connectivity index (χ1) is 16.0. The molecule has 4 rings (SSSR count). The topological polar surface area (TPSA) is 18.5 Å². The summed E-state index contributed by atoms with van der Waals surface area (Å²) in [6.07, 6.45) is -11.4. The minimum absolute atomic E-state index is 0.0275. The van der Waals surface area contributed by atoms with E-state index in [-0.39, 0.29) is 3.57 Å². The summed E-state index contributed by atoms with van der Waals surface area (Å²) in [5.41, 5.74) is -3.45. The van der Waals surface area contributed by atoms with Crippen LogP contribution in [0.1, 0.15) is 23.6 Å². The van der Waals surface area contributed by atoms with Crippen LogP contribution in [0.3, 0.4) is 0 Å². The standard InChI is InChI=1S/C25H19F6IO2/c1-16(22(33-2)17-10-4-3-5-11-17)18-12-6-8-14-20(18)32-21-15-9-7-13-19(21)23(34-32,24(26,27)28)25(29,30)31/h3-15H,1-2H3/b22-16+. The van der Waals surface area contributed by atoms with Gasteiger partial charge in [0.2, 0.25) is 0 Å². The van der Waals surface area contributed by atoms with Gasteiger partial charge in [-0.3, -0.25) is 0 Å². The molecule has 3 aromatic carbocycles. The van der Waals surface area contributed by atoms with Crippen LogP contribution in [0.5, 0.6) is 0 Å². The molecule has 180 valence electrons. The zero-order valence-electron chi connectivity index (χ0n) is 18.0. The fraction of sp³-hybridized carbons (Fsp3) is 0.200. The number of rotatable bonds is 4. The van der Waals surface area contributed by atoms with E-state index < -0.39 is 43.8 Å². The van der Waals surface area contributed by atoms with Gasteiger partial charge in [-0.1, -0.05) is 0 Å². The third-order valence-electron chi connectivity index (χ3n) is 5.47. The summed E-state index contributed by atoms with van der Waals surface area (Å²) in [5.74, 6) is 0.467. The molecule has 0 amide bonds. The zero-order valence-corrected chi connectivity index (χ0v) is 20.1. The van der Waals surface area contributed by atoms with Gasteiger partial charge in [0.05, 0.1) is 0 Å². The van der Waals surface area contributed by atoms with Gasteiger partial charge in [-0.15, -0.1) is 0 Å². The van der Waals surface area contributed by atoms with E-state index in [1.165, 1.54) is 25.3 Å². The van der Waals surface area contributed by atoms with E-state index in [0.29, 0.717) is 20.5 Å². The Hall–Kier alpha value is -2.53. The van der Waals surface area contributed by atoms with Gasteiger partial charge >= 0.3 is 200 Å². The number of methoxy groups -OCH3 is 1. The summed E-state index contributed by atoms with van der Waals surface area (Å²) in [6.45, 7) is 1.73. The number of halogens is 7. The van der Waals surface area contributed by atoms with Crippen LogP contribution >= 0.6 is 20.2 Å². The second-order valence-electron chi connectivity index (χ2n) is 7.49. The van der Waals surface area contributed by atoms with Crippen molar-refractivity contribution in [2.24, 2.45) is 0 Å². The molecule has 0 spiro atoms. The van der Waals surface area contributed by atoms with E-state index >= 15 is 0 Å². The van der Waals surface area contributed by atoms with Crippen molar-refractivity contribution in [2.45, 2.75) is 24.9 Å². The summed E-state index contributed by atoms with van der Waals surface area (Å²) in [6, 6.07) is 20.3. The number of alkyl halides is 6. The normalized spacial score (nSPS) is 17.2. The SMILES string of the molecule is CO/C(=C(\C)c1ccccc1I1OC(C(F)(F)F)(C(F)(F)F)c2ccccc21)c1ccccc1. The fourth-order valence-corrected chi connectivity index (χ4v) is 9.68. The number of benzene rings is 3. The average Bonchev–Trinajstić information content (AvgIpc) is 3.17. The van der Waals surface area contributed by atoms with E-state index in [1.807, 2.05) is 18.2 Å². The molecular weight excluding hydrogens is 573 g/mol. The van der Waals surface area contributed by atoms with Crippen LogP contribution in [0.15, 0.2) is 78.9 Å². The second kappa shape index (κ2) is 8.92. The number of ether oxygens (including phenoxy) is 1. The van der Waals surface area contributed by atoms with Crippen molar-refractivity contribution in [3.63, 3.8) is 0 Å². The molecule has 0 aromatic heterocycles. The first-order valence-electron chi connectivity index (χ1n) is 10.0. The van der Waals surface area contributed by atoms with Crippen molar-refractivity contribution in [1.82, 2.24) is 0 Å². The van der Waals surface area contributed by atoms with Crippen LogP contribution in [0, 0.1) is 7.14 Å². The van der Waals surface area contributed by atoms with Gasteiger partial charge in [-0.25, -0.2) is 0 Å². The van der Waals surface area contributed by atoms with Gasteiger partial charge < -0.3 is 0 Å². The van der Waals surface area contributed by atoms with Crippen molar-refractivity contribution in [2.75, 3.05) is 7.11 Å². The summed E-state index contributed by atoms with van der Waals surface area (Å²) in [5, 5.41) is 0. The van der Waals surface area contributed by atoms with Crippen molar-refractivity contribution in [1.29, 1.82) is 0 Å². The molecule has 1 aliphatic heterocycles. The number of allylic oxidation sites excluding steroid dienone is 1. The Morgan fingerprint density at radius 1 is 0.765 bits per heavy atom. The third kappa shape index (κ3) is 3.88.